The van der Waals surface area contributed by atoms with Crippen molar-refractivity contribution in [3.8, 4) is 23.0 Å². The molecule has 2 N–H and O–H groups in total. The largest absolute Gasteiger partial charge is 0.379 e. The Labute approximate surface area is 110 Å². The van der Waals surface area contributed by atoms with Crippen LogP contribution in [0.1, 0.15) is 0 Å². The van der Waals surface area contributed by atoms with E-state index in [4.69, 9.17) is 10.3 Å². The Morgan fingerprint density at radius 3 is 2.80 bits per heavy atom. The third-order valence-electron chi connectivity index (χ3n) is 2.46. The molecule has 100 valence electrons. The van der Waals surface area contributed by atoms with Crippen LogP contribution in [0, 0.1) is 10.1 Å². The normalized spacial score (nSPS) is 10.6. The molecule has 0 atom stereocenters. The average Bonchev–Trinajstić information content (AvgIpc) is 3.07. The fraction of sp³-hybridized carbons (Fsp3) is 0. The molecule has 2 heterocycles. The molecule has 0 radical (unpaired) electrons. The molecule has 0 saturated carbocycles. The first-order valence-electron chi connectivity index (χ1n) is 5.32. The van der Waals surface area contributed by atoms with Crippen LogP contribution in [-0.2, 0) is 0 Å². The van der Waals surface area contributed by atoms with E-state index < -0.39 is 4.92 Å². The second kappa shape index (κ2) is 4.42. The Bertz CT molecular complexity index is 779. The monoisotopic (exact) mass is 274 g/mol. The number of nitrogen functional groups attached to an aromatic ring is 1. The third-order valence-corrected chi connectivity index (χ3v) is 2.46. The first-order valence-corrected chi connectivity index (χ1v) is 5.32. The summed E-state index contributed by atoms with van der Waals surface area (Å²) in [6.45, 7) is 0. The van der Waals surface area contributed by atoms with E-state index in [1.165, 1.54) is 18.2 Å². The fourth-order valence-corrected chi connectivity index (χ4v) is 1.54. The molecule has 0 spiro atoms. The molecule has 0 aliphatic heterocycles. The Balaban J connectivity index is 2.00. The summed E-state index contributed by atoms with van der Waals surface area (Å²) in [5, 5.41) is 21.3. The number of hydrogen-bond acceptors (Lipinski definition) is 9. The van der Waals surface area contributed by atoms with Crippen LogP contribution < -0.4 is 5.73 Å². The highest BCUT2D eigenvalue weighted by molar-refractivity contribution is 5.64. The number of nitrogens with two attached hydrogens (primary N) is 1. The summed E-state index contributed by atoms with van der Waals surface area (Å²) in [4.78, 5) is 14.2. The summed E-state index contributed by atoms with van der Waals surface area (Å²) in [5.74, 6) is 0.204. The van der Waals surface area contributed by atoms with Crippen molar-refractivity contribution in [3.05, 3.63) is 34.4 Å². The van der Waals surface area contributed by atoms with Crippen LogP contribution in [-0.4, -0.2) is 25.4 Å². The standard InChI is InChI=1S/C10H6N6O4/c11-8-7(13-20-14-8)10-12-9(15-19-10)5-2-1-3-6(4-5)16(17)18/h1-4H,(H2,11,14). The predicted molar refractivity (Wildman–Crippen MR) is 64.1 cm³/mol. The number of nitrogens with zero attached hydrogens (tertiary/aromatic N) is 5. The zero-order chi connectivity index (χ0) is 14.1. The van der Waals surface area contributed by atoms with Gasteiger partial charge in [0, 0.05) is 17.7 Å². The van der Waals surface area contributed by atoms with E-state index >= 15 is 0 Å². The van der Waals surface area contributed by atoms with Crippen LogP contribution in [0.4, 0.5) is 11.5 Å². The van der Waals surface area contributed by atoms with Gasteiger partial charge in [-0.25, -0.2) is 4.63 Å². The molecule has 0 bridgehead atoms. The lowest BCUT2D eigenvalue weighted by Crippen LogP contribution is -1.90. The van der Waals surface area contributed by atoms with E-state index in [9.17, 15) is 10.1 Å². The summed E-state index contributed by atoms with van der Waals surface area (Å²) < 4.78 is 9.39. The maximum Gasteiger partial charge on any atom is 0.284 e. The van der Waals surface area contributed by atoms with Gasteiger partial charge in [0.1, 0.15) is 0 Å². The summed E-state index contributed by atoms with van der Waals surface area (Å²) in [5.41, 5.74) is 5.98. The number of non-ortho nitro benzene ring substituents is 1. The van der Waals surface area contributed by atoms with Gasteiger partial charge in [-0.3, -0.25) is 10.1 Å². The number of nitro groups is 1. The molecule has 10 nitrogen and oxygen atoms in total. The van der Waals surface area contributed by atoms with Gasteiger partial charge in [-0.15, -0.1) is 0 Å². The van der Waals surface area contributed by atoms with Gasteiger partial charge in [-0.05, 0) is 10.3 Å². The van der Waals surface area contributed by atoms with E-state index in [-0.39, 0.29) is 28.9 Å². The van der Waals surface area contributed by atoms with Gasteiger partial charge in [0.05, 0.1) is 4.92 Å². The van der Waals surface area contributed by atoms with E-state index in [0.717, 1.165) is 0 Å². The van der Waals surface area contributed by atoms with Crippen molar-refractivity contribution in [3.63, 3.8) is 0 Å². The molecule has 3 rings (SSSR count). The highest BCUT2D eigenvalue weighted by atomic mass is 16.6. The van der Waals surface area contributed by atoms with Gasteiger partial charge in [0.15, 0.2) is 0 Å². The molecule has 0 amide bonds. The van der Waals surface area contributed by atoms with E-state index in [2.05, 4.69) is 25.1 Å². The quantitative estimate of drug-likeness (QED) is 0.550. The molecule has 0 fully saturated rings. The maximum absolute atomic E-state index is 10.7. The topological polar surface area (TPSA) is 147 Å². The highest BCUT2D eigenvalue weighted by Crippen LogP contribution is 2.25. The number of nitro benzene ring substituents is 1. The molecular weight excluding hydrogens is 268 g/mol. The molecular formula is C10H6N6O4. The maximum atomic E-state index is 10.7. The first kappa shape index (κ1) is 11.8. The molecule has 1 aromatic carbocycles. The molecule has 10 heteroatoms. The minimum Gasteiger partial charge on any atom is -0.379 e. The molecule has 0 aliphatic rings. The SMILES string of the molecule is Nc1nonc1-c1nc(-c2cccc([N+](=O)[O-])c2)no1. The van der Waals surface area contributed by atoms with Crippen molar-refractivity contribution in [1.29, 1.82) is 0 Å². The molecule has 0 unspecified atom stereocenters. The summed E-state index contributed by atoms with van der Waals surface area (Å²) in [7, 11) is 0. The van der Waals surface area contributed by atoms with Gasteiger partial charge in [0.2, 0.25) is 17.3 Å². The zero-order valence-corrected chi connectivity index (χ0v) is 9.76. The Kier molecular flexibility index (Phi) is 2.60. The summed E-state index contributed by atoms with van der Waals surface area (Å²) >= 11 is 0. The van der Waals surface area contributed by atoms with Crippen LogP contribution in [0.15, 0.2) is 33.4 Å². The number of anilines is 1. The van der Waals surface area contributed by atoms with Crippen LogP contribution >= 0.6 is 0 Å². The van der Waals surface area contributed by atoms with Crippen molar-refractivity contribution in [2.75, 3.05) is 5.73 Å². The van der Waals surface area contributed by atoms with Gasteiger partial charge in [-0.2, -0.15) is 4.98 Å². The summed E-state index contributed by atoms with van der Waals surface area (Å²) in [6, 6.07) is 5.84. The van der Waals surface area contributed by atoms with Crippen molar-refractivity contribution < 1.29 is 14.1 Å². The van der Waals surface area contributed by atoms with Crippen LogP contribution in [0.5, 0.6) is 0 Å². The minimum atomic E-state index is -0.510. The van der Waals surface area contributed by atoms with Crippen molar-refractivity contribution in [2.45, 2.75) is 0 Å². The van der Waals surface area contributed by atoms with Crippen molar-refractivity contribution >= 4 is 11.5 Å². The Morgan fingerprint density at radius 1 is 1.25 bits per heavy atom. The number of hydrogen-bond donors (Lipinski definition) is 1. The Morgan fingerprint density at radius 2 is 2.10 bits per heavy atom. The van der Waals surface area contributed by atoms with Gasteiger partial charge in [0.25, 0.3) is 11.6 Å². The lowest BCUT2D eigenvalue weighted by Gasteiger charge is -1.94. The number of rotatable bonds is 3. The Hall–Kier alpha value is -3.30. The lowest BCUT2D eigenvalue weighted by atomic mass is 10.2. The number of aromatic nitrogens is 4. The van der Waals surface area contributed by atoms with Crippen LogP contribution in [0.25, 0.3) is 23.0 Å². The van der Waals surface area contributed by atoms with Gasteiger partial charge >= 0.3 is 0 Å². The molecule has 2 aromatic heterocycles. The third kappa shape index (κ3) is 1.94. The fourth-order valence-electron chi connectivity index (χ4n) is 1.54. The van der Waals surface area contributed by atoms with Crippen LogP contribution in [0.3, 0.4) is 0 Å². The molecule has 20 heavy (non-hydrogen) atoms. The van der Waals surface area contributed by atoms with E-state index in [1.807, 2.05) is 0 Å². The second-order valence-electron chi connectivity index (χ2n) is 3.73. The first-order chi connectivity index (χ1) is 9.65. The zero-order valence-electron chi connectivity index (χ0n) is 9.76. The average molecular weight is 274 g/mol. The van der Waals surface area contributed by atoms with Gasteiger partial charge in [-0.1, -0.05) is 17.3 Å². The molecule has 3 aromatic rings. The summed E-state index contributed by atoms with van der Waals surface area (Å²) in [6.07, 6.45) is 0. The van der Waals surface area contributed by atoms with Crippen molar-refractivity contribution in [2.24, 2.45) is 0 Å². The highest BCUT2D eigenvalue weighted by Gasteiger charge is 2.18. The van der Waals surface area contributed by atoms with E-state index in [1.54, 1.807) is 6.07 Å². The lowest BCUT2D eigenvalue weighted by molar-refractivity contribution is -0.384. The second-order valence-corrected chi connectivity index (χ2v) is 3.73. The van der Waals surface area contributed by atoms with E-state index in [0.29, 0.717) is 5.56 Å². The smallest absolute Gasteiger partial charge is 0.284 e. The van der Waals surface area contributed by atoms with Gasteiger partial charge < -0.3 is 10.3 Å². The molecule has 0 saturated heterocycles. The minimum absolute atomic E-state index is 0.0132. The predicted octanol–water partition coefficient (Wildman–Crippen LogP) is 1.28. The van der Waals surface area contributed by atoms with Crippen LogP contribution in [0.2, 0.25) is 0 Å². The van der Waals surface area contributed by atoms with Crippen molar-refractivity contribution in [1.82, 2.24) is 20.5 Å². The molecule has 0 aliphatic carbocycles. The number of benzene rings is 1.